The summed E-state index contributed by atoms with van der Waals surface area (Å²) in [5.74, 6) is -0.151. The van der Waals surface area contributed by atoms with Gasteiger partial charge in [-0.25, -0.2) is 4.79 Å². The molecule has 7 heteroatoms. The van der Waals surface area contributed by atoms with Crippen molar-refractivity contribution in [2.24, 2.45) is 0 Å². The average molecular weight is 295 g/mol. The molecular formula is C14H21N3O4. The van der Waals surface area contributed by atoms with Crippen molar-refractivity contribution >= 4 is 11.9 Å². The molecule has 2 rings (SSSR count). The third kappa shape index (κ3) is 3.81. The minimum Gasteiger partial charge on any atom is -0.444 e. The van der Waals surface area contributed by atoms with E-state index in [1.165, 1.54) is 0 Å². The molecule has 0 aliphatic carbocycles. The first-order valence-electron chi connectivity index (χ1n) is 6.89. The first-order valence-corrected chi connectivity index (χ1v) is 6.89. The van der Waals surface area contributed by atoms with Crippen LogP contribution in [0.25, 0.3) is 0 Å². The normalized spacial score (nSPS) is 18.3. The molecule has 116 valence electrons. The van der Waals surface area contributed by atoms with Crippen LogP contribution in [0.2, 0.25) is 0 Å². The van der Waals surface area contributed by atoms with E-state index in [4.69, 9.17) is 9.47 Å². The highest BCUT2D eigenvalue weighted by Gasteiger charge is 2.31. The van der Waals surface area contributed by atoms with Crippen molar-refractivity contribution in [2.45, 2.75) is 52.0 Å². The fourth-order valence-corrected chi connectivity index (χ4v) is 2.21. The molecule has 0 radical (unpaired) electrons. The minimum absolute atomic E-state index is 0.151. The molecular weight excluding hydrogens is 274 g/mol. The lowest BCUT2D eigenvalue weighted by atomic mass is 10.0. The Kier molecular flexibility index (Phi) is 4.32. The molecule has 0 saturated carbocycles. The Morgan fingerprint density at radius 1 is 1.52 bits per heavy atom. The maximum Gasteiger partial charge on any atom is 0.408 e. The number of nitrogens with zero attached hydrogens (tertiary/aromatic N) is 2. The van der Waals surface area contributed by atoms with Crippen LogP contribution in [0, 0.1) is 0 Å². The van der Waals surface area contributed by atoms with Crippen LogP contribution in [-0.4, -0.2) is 40.4 Å². The molecule has 1 aliphatic rings. The highest BCUT2D eigenvalue weighted by Crippen LogP contribution is 2.17. The predicted molar refractivity (Wildman–Crippen MR) is 75.0 cm³/mol. The SMILES string of the molecule is COCc1cc2n(n1)CCC(NC(=O)OC(C)(C)C)C2=O. The van der Waals surface area contributed by atoms with Gasteiger partial charge in [-0.3, -0.25) is 9.48 Å². The molecule has 1 unspecified atom stereocenters. The lowest BCUT2D eigenvalue weighted by Crippen LogP contribution is -2.46. The van der Waals surface area contributed by atoms with Crippen LogP contribution in [-0.2, 0) is 22.6 Å². The van der Waals surface area contributed by atoms with Crippen LogP contribution in [0.5, 0.6) is 0 Å². The highest BCUT2D eigenvalue weighted by atomic mass is 16.6. The predicted octanol–water partition coefficient (Wildman–Crippen LogP) is 1.51. The molecule has 1 aliphatic heterocycles. The van der Waals surface area contributed by atoms with Gasteiger partial charge >= 0.3 is 6.09 Å². The van der Waals surface area contributed by atoms with E-state index < -0.39 is 17.7 Å². The van der Waals surface area contributed by atoms with Crippen LogP contribution >= 0.6 is 0 Å². The summed E-state index contributed by atoms with van der Waals surface area (Å²) in [5, 5.41) is 6.92. The number of carbonyl (C=O) groups is 2. The van der Waals surface area contributed by atoms with E-state index >= 15 is 0 Å². The third-order valence-corrected chi connectivity index (χ3v) is 3.01. The highest BCUT2D eigenvalue weighted by molar-refractivity contribution is 6.00. The maximum atomic E-state index is 12.4. The van der Waals surface area contributed by atoms with Crippen LogP contribution in [0.3, 0.4) is 0 Å². The third-order valence-electron chi connectivity index (χ3n) is 3.01. The zero-order chi connectivity index (χ0) is 15.6. The summed E-state index contributed by atoms with van der Waals surface area (Å²) >= 11 is 0. The summed E-state index contributed by atoms with van der Waals surface area (Å²) in [6.07, 6.45) is -0.0787. The molecule has 1 N–H and O–H groups in total. The van der Waals surface area contributed by atoms with Crippen molar-refractivity contribution in [1.29, 1.82) is 0 Å². The number of aryl methyl sites for hydroxylation is 1. The van der Waals surface area contributed by atoms with E-state index in [9.17, 15) is 9.59 Å². The number of amides is 1. The number of alkyl carbamates (subject to hydrolysis) is 1. The Morgan fingerprint density at radius 2 is 2.24 bits per heavy atom. The second-order valence-corrected chi connectivity index (χ2v) is 6.03. The molecule has 0 fully saturated rings. The van der Waals surface area contributed by atoms with E-state index in [0.29, 0.717) is 31.0 Å². The molecule has 1 aromatic heterocycles. The van der Waals surface area contributed by atoms with Gasteiger partial charge < -0.3 is 14.8 Å². The first kappa shape index (κ1) is 15.5. The first-order chi connectivity index (χ1) is 9.80. The molecule has 0 saturated heterocycles. The van der Waals surface area contributed by atoms with E-state index in [1.807, 2.05) is 0 Å². The number of hydrogen-bond donors (Lipinski definition) is 1. The number of nitrogens with one attached hydrogen (secondary N) is 1. The number of Topliss-reactive ketones (excluding diaryl/α,β-unsaturated/α-hetero) is 1. The van der Waals surface area contributed by atoms with Gasteiger partial charge in [0.2, 0.25) is 5.78 Å². The van der Waals surface area contributed by atoms with Gasteiger partial charge in [-0.2, -0.15) is 5.10 Å². The number of hydrogen-bond acceptors (Lipinski definition) is 5. The minimum atomic E-state index is -0.588. The van der Waals surface area contributed by atoms with Crippen LogP contribution in [0.1, 0.15) is 43.4 Å². The second kappa shape index (κ2) is 5.85. The van der Waals surface area contributed by atoms with Crippen molar-refractivity contribution < 1.29 is 19.1 Å². The van der Waals surface area contributed by atoms with Crippen molar-refractivity contribution in [3.05, 3.63) is 17.5 Å². The topological polar surface area (TPSA) is 82.4 Å². The Balaban J connectivity index is 2.04. The zero-order valence-electron chi connectivity index (χ0n) is 12.8. The van der Waals surface area contributed by atoms with Gasteiger partial charge in [0.05, 0.1) is 18.3 Å². The number of rotatable bonds is 3. The van der Waals surface area contributed by atoms with E-state index in [-0.39, 0.29) is 5.78 Å². The smallest absolute Gasteiger partial charge is 0.408 e. The van der Waals surface area contributed by atoms with Gasteiger partial charge in [-0.1, -0.05) is 0 Å². The zero-order valence-corrected chi connectivity index (χ0v) is 12.8. The van der Waals surface area contributed by atoms with E-state index in [1.54, 1.807) is 38.6 Å². The van der Waals surface area contributed by atoms with Gasteiger partial charge in [0.15, 0.2) is 0 Å². The summed E-state index contributed by atoms with van der Waals surface area (Å²) < 4.78 is 11.8. The summed E-state index contributed by atoms with van der Waals surface area (Å²) in [4.78, 5) is 24.1. The average Bonchev–Trinajstić information content (AvgIpc) is 2.75. The summed E-state index contributed by atoms with van der Waals surface area (Å²) in [6, 6.07) is 1.13. The summed E-state index contributed by atoms with van der Waals surface area (Å²) in [6.45, 7) is 6.27. The number of ketones is 1. The van der Waals surface area contributed by atoms with Crippen LogP contribution < -0.4 is 5.32 Å². The van der Waals surface area contributed by atoms with Crippen molar-refractivity contribution in [3.8, 4) is 0 Å². The van der Waals surface area contributed by atoms with Gasteiger partial charge in [0.1, 0.15) is 11.3 Å². The molecule has 7 nitrogen and oxygen atoms in total. The van der Waals surface area contributed by atoms with Crippen molar-refractivity contribution in [1.82, 2.24) is 15.1 Å². The lowest BCUT2D eigenvalue weighted by molar-refractivity contribution is 0.0481. The Bertz CT molecular complexity index is 545. The fourth-order valence-electron chi connectivity index (χ4n) is 2.21. The molecule has 0 spiro atoms. The van der Waals surface area contributed by atoms with Crippen LogP contribution in [0.15, 0.2) is 6.07 Å². The van der Waals surface area contributed by atoms with Crippen molar-refractivity contribution in [2.75, 3.05) is 7.11 Å². The Labute approximate surface area is 123 Å². The number of methoxy groups -OCH3 is 1. The maximum absolute atomic E-state index is 12.4. The molecule has 1 atom stereocenters. The Hall–Kier alpha value is -1.89. The van der Waals surface area contributed by atoms with Crippen LogP contribution in [0.4, 0.5) is 4.79 Å². The molecule has 1 aromatic rings. The standard InChI is InChI=1S/C14H21N3O4/c1-14(2,3)21-13(19)15-10-5-6-17-11(12(10)18)7-9(16-17)8-20-4/h7,10H,5-6,8H2,1-4H3,(H,15,19). The van der Waals surface area contributed by atoms with Crippen molar-refractivity contribution in [3.63, 3.8) is 0 Å². The molecule has 2 heterocycles. The number of carbonyl (C=O) groups excluding carboxylic acids is 2. The Morgan fingerprint density at radius 3 is 2.86 bits per heavy atom. The molecule has 0 bridgehead atoms. The van der Waals surface area contributed by atoms with Gasteiger partial charge in [0, 0.05) is 13.7 Å². The van der Waals surface area contributed by atoms with Gasteiger partial charge in [-0.15, -0.1) is 0 Å². The molecule has 0 aromatic carbocycles. The fraction of sp³-hybridized carbons (Fsp3) is 0.643. The van der Waals surface area contributed by atoms with E-state index in [2.05, 4.69) is 10.4 Å². The number of aromatic nitrogens is 2. The number of fused-ring (bicyclic) bond motifs is 1. The second-order valence-electron chi connectivity index (χ2n) is 6.03. The largest absolute Gasteiger partial charge is 0.444 e. The van der Waals surface area contributed by atoms with Gasteiger partial charge in [0.25, 0.3) is 0 Å². The summed E-state index contributed by atoms with van der Waals surface area (Å²) in [7, 11) is 1.58. The summed E-state index contributed by atoms with van der Waals surface area (Å²) in [5.41, 5.74) is 0.614. The van der Waals surface area contributed by atoms with E-state index in [0.717, 1.165) is 0 Å². The molecule has 21 heavy (non-hydrogen) atoms. The van der Waals surface area contributed by atoms with Gasteiger partial charge in [-0.05, 0) is 33.3 Å². The number of ether oxygens (including phenoxy) is 2. The monoisotopic (exact) mass is 295 g/mol. The molecule has 1 amide bonds. The lowest BCUT2D eigenvalue weighted by Gasteiger charge is -2.25. The quantitative estimate of drug-likeness (QED) is 0.914.